The number of nitrogens with one attached hydrogen (secondary N) is 1. The van der Waals surface area contributed by atoms with E-state index in [2.05, 4.69) is 15.5 Å². The fraction of sp³-hybridized carbons (Fsp3) is 0.0741. The standard InChI is InChI=1S/C27H22ClN5O2/c28-25-12-11-22(27(34)35-19-21-16-31-33(18-21)24-9-5-2-6-10-24)13-26(25)29-14-20-15-30-32(17-20)23-7-3-1-4-8-23/h1-13,15-18,29H,14,19H2. The fourth-order valence-corrected chi connectivity index (χ4v) is 3.73. The molecule has 5 rings (SSSR count). The molecule has 7 nitrogen and oxygen atoms in total. The van der Waals surface area contributed by atoms with E-state index in [0.717, 1.165) is 22.5 Å². The van der Waals surface area contributed by atoms with E-state index in [1.165, 1.54) is 0 Å². The average molecular weight is 484 g/mol. The maximum Gasteiger partial charge on any atom is 0.338 e. The zero-order valence-corrected chi connectivity index (χ0v) is 19.5. The second-order valence-electron chi connectivity index (χ2n) is 7.88. The number of hydrogen-bond acceptors (Lipinski definition) is 5. The van der Waals surface area contributed by atoms with Crippen LogP contribution in [0.2, 0.25) is 5.02 Å². The predicted molar refractivity (Wildman–Crippen MR) is 135 cm³/mol. The molecule has 2 aromatic heterocycles. The number of para-hydroxylation sites is 2. The van der Waals surface area contributed by atoms with Crippen molar-refractivity contribution in [3.63, 3.8) is 0 Å². The summed E-state index contributed by atoms with van der Waals surface area (Å²) in [5.41, 5.74) is 4.75. The van der Waals surface area contributed by atoms with Crippen LogP contribution in [0.15, 0.2) is 104 Å². The molecule has 0 saturated carbocycles. The van der Waals surface area contributed by atoms with E-state index in [0.29, 0.717) is 22.8 Å². The lowest BCUT2D eigenvalue weighted by molar-refractivity contribution is 0.0473. The van der Waals surface area contributed by atoms with Gasteiger partial charge >= 0.3 is 5.97 Å². The molecule has 0 atom stereocenters. The minimum absolute atomic E-state index is 0.121. The van der Waals surface area contributed by atoms with E-state index in [1.807, 2.05) is 77.7 Å². The second kappa shape index (κ2) is 10.3. The van der Waals surface area contributed by atoms with Crippen molar-refractivity contribution in [3.8, 4) is 11.4 Å². The van der Waals surface area contributed by atoms with Crippen molar-refractivity contribution < 1.29 is 9.53 Å². The van der Waals surface area contributed by atoms with Crippen LogP contribution < -0.4 is 5.32 Å². The van der Waals surface area contributed by atoms with Crippen LogP contribution in [0, 0.1) is 0 Å². The van der Waals surface area contributed by atoms with Crippen molar-refractivity contribution in [1.29, 1.82) is 0 Å². The van der Waals surface area contributed by atoms with E-state index < -0.39 is 5.97 Å². The highest BCUT2D eigenvalue weighted by Crippen LogP contribution is 2.24. The van der Waals surface area contributed by atoms with Crippen molar-refractivity contribution in [3.05, 3.63) is 125 Å². The van der Waals surface area contributed by atoms with Crippen molar-refractivity contribution in [2.45, 2.75) is 13.2 Å². The summed E-state index contributed by atoms with van der Waals surface area (Å²) in [4.78, 5) is 12.7. The first kappa shape index (κ1) is 22.4. The Kier molecular flexibility index (Phi) is 6.59. The first-order valence-electron chi connectivity index (χ1n) is 11.0. The van der Waals surface area contributed by atoms with Gasteiger partial charge in [0, 0.05) is 30.1 Å². The molecule has 8 heteroatoms. The molecule has 1 N–H and O–H groups in total. The number of esters is 1. The highest BCUT2D eigenvalue weighted by Gasteiger charge is 2.12. The lowest BCUT2D eigenvalue weighted by Gasteiger charge is -2.10. The molecule has 0 saturated heterocycles. The number of halogens is 1. The molecule has 174 valence electrons. The molecule has 3 aromatic carbocycles. The number of anilines is 1. The largest absolute Gasteiger partial charge is 0.457 e. The molecule has 0 amide bonds. The summed E-state index contributed by atoms with van der Waals surface area (Å²) in [7, 11) is 0. The SMILES string of the molecule is O=C(OCc1cnn(-c2ccccc2)c1)c1ccc(Cl)c(NCc2cnn(-c3ccccc3)c2)c1. The molecular weight excluding hydrogens is 462 g/mol. The summed E-state index contributed by atoms with van der Waals surface area (Å²) < 4.78 is 9.05. The molecule has 0 aliphatic heterocycles. The zero-order chi connectivity index (χ0) is 24.0. The molecule has 0 fully saturated rings. The topological polar surface area (TPSA) is 74.0 Å². The summed E-state index contributed by atoms with van der Waals surface area (Å²) in [6.07, 6.45) is 7.27. The maximum atomic E-state index is 12.7. The summed E-state index contributed by atoms with van der Waals surface area (Å²) in [6, 6.07) is 24.6. The Labute approximate surface area is 207 Å². The number of nitrogens with zero attached hydrogens (tertiary/aromatic N) is 4. The Morgan fingerprint density at radius 3 is 2.09 bits per heavy atom. The minimum atomic E-state index is -0.436. The number of ether oxygens (including phenoxy) is 1. The number of carbonyl (C=O) groups excluding carboxylic acids is 1. The van der Waals surface area contributed by atoms with Crippen molar-refractivity contribution >= 4 is 23.3 Å². The third-order valence-corrected chi connectivity index (χ3v) is 5.70. The second-order valence-corrected chi connectivity index (χ2v) is 8.29. The van der Waals surface area contributed by atoms with Gasteiger partial charge in [0.1, 0.15) is 6.61 Å². The lowest BCUT2D eigenvalue weighted by Crippen LogP contribution is -2.07. The van der Waals surface area contributed by atoms with Gasteiger partial charge in [-0.3, -0.25) is 0 Å². The maximum absolute atomic E-state index is 12.7. The summed E-state index contributed by atoms with van der Waals surface area (Å²) in [5.74, 6) is -0.436. The van der Waals surface area contributed by atoms with E-state index in [9.17, 15) is 4.79 Å². The minimum Gasteiger partial charge on any atom is -0.457 e. The highest BCUT2D eigenvalue weighted by molar-refractivity contribution is 6.33. The number of carbonyl (C=O) groups is 1. The molecule has 0 aliphatic carbocycles. The van der Waals surface area contributed by atoms with Gasteiger partial charge in [0.2, 0.25) is 0 Å². The zero-order valence-electron chi connectivity index (χ0n) is 18.7. The molecule has 0 bridgehead atoms. The molecule has 0 aliphatic rings. The fourth-order valence-electron chi connectivity index (χ4n) is 3.55. The Hall–Kier alpha value is -4.36. The van der Waals surface area contributed by atoms with Gasteiger partial charge in [0.15, 0.2) is 0 Å². The lowest BCUT2D eigenvalue weighted by atomic mass is 10.2. The molecule has 0 radical (unpaired) electrons. The highest BCUT2D eigenvalue weighted by atomic mass is 35.5. The van der Waals surface area contributed by atoms with Crippen LogP contribution in [0.4, 0.5) is 5.69 Å². The van der Waals surface area contributed by atoms with E-state index in [1.54, 1.807) is 35.3 Å². The average Bonchev–Trinajstić information content (AvgIpc) is 3.58. The quantitative estimate of drug-likeness (QED) is 0.287. The van der Waals surface area contributed by atoms with Gasteiger partial charge in [0.05, 0.1) is 40.0 Å². The third-order valence-electron chi connectivity index (χ3n) is 5.37. The molecular formula is C27H22ClN5O2. The van der Waals surface area contributed by atoms with Crippen LogP contribution in [-0.4, -0.2) is 25.5 Å². The number of hydrogen-bond donors (Lipinski definition) is 1. The summed E-state index contributed by atoms with van der Waals surface area (Å²) in [5, 5.41) is 12.5. The van der Waals surface area contributed by atoms with Crippen LogP contribution in [0.25, 0.3) is 11.4 Å². The van der Waals surface area contributed by atoms with Gasteiger partial charge in [-0.15, -0.1) is 0 Å². The Morgan fingerprint density at radius 2 is 1.43 bits per heavy atom. The Balaban J connectivity index is 1.20. The van der Waals surface area contributed by atoms with Crippen LogP contribution in [0.5, 0.6) is 0 Å². The van der Waals surface area contributed by atoms with Gasteiger partial charge in [-0.2, -0.15) is 10.2 Å². The molecule has 0 unspecified atom stereocenters. The van der Waals surface area contributed by atoms with Crippen molar-refractivity contribution in [2.75, 3.05) is 5.32 Å². The van der Waals surface area contributed by atoms with Gasteiger partial charge in [-0.05, 0) is 42.5 Å². The summed E-state index contributed by atoms with van der Waals surface area (Å²) >= 11 is 6.36. The predicted octanol–water partition coefficient (Wildman–Crippen LogP) is 5.68. The van der Waals surface area contributed by atoms with Crippen molar-refractivity contribution in [1.82, 2.24) is 19.6 Å². The van der Waals surface area contributed by atoms with E-state index in [-0.39, 0.29) is 6.61 Å². The number of aromatic nitrogens is 4. The molecule has 2 heterocycles. The first-order chi connectivity index (χ1) is 17.2. The first-order valence-corrected chi connectivity index (χ1v) is 11.4. The van der Waals surface area contributed by atoms with Crippen LogP contribution in [0.3, 0.4) is 0 Å². The van der Waals surface area contributed by atoms with Gasteiger partial charge in [0.25, 0.3) is 0 Å². The van der Waals surface area contributed by atoms with Crippen LogP contribution >= 0.6 is 11.6 Å². The van der Waals surface area contributed by atoms with E-state index in [4.69, 9.17) is 16.3 Å². The number of benzene rings is 3. The Morgan fingerprint density at radius 1 is 0.829 bits per heavy atom. The summed E-state index contributed by atoms with van der Waals surface area (Å²) in [6.45, 7) is 0.624. The van der Waals surface area contributed by atoms with Gasteiger partial charge in [-0.1, -0.05) is 48.0 Å². The number of rotatable bonds is 8. The van der Waals surface area contributed by atoms with E-state index >= 15 is 0 Å². The smallest absolute Gasteiger partial charge is 0.338 e. The molecule has 0 spiro atoms. The molecule has 35 heavy (non-hydrogen) atoms. The van der Waals surface area contributed by atoms with Crippen molar-refractivity contribution in [2.24, 2.45) is 0 Å². The van der Waals surface area contributed by atoms with Gasteiger partial charge < -0.3 is 10.1 Å². The monoisotopic (exact) mass is 483 g/mol. The molecule has 5 aromatic rings. The van der Waals surface area contributed by atoms with Crippen LogP contribution in [0.1, 0.15) is 21.5 Å². The third kappa shape index (κ3) is 5.42. The van der Waals surface area contributed by atoms with Gasteiger partial charge in [-0.25, -0.2) is 14.2 Å². The van der Waals surface area contributed by atoms with Crippen LogP contribution in [-0.2, 0) is 17.9 Å². The normalized spacial score (nSPS) is 10.8. The Bertz CT molecular complexity index is 1430.